The van der Waals surface area contributed by atoms with Crippen molar-refractivity contribution in [1.29, 1.82) is 0 Å². The molecule has 2 unspecified atom stereocenters. The van der Waals surface area contributed by atoms with Crippen LogP contribution >= 0.6 is 0 Å². The van der Waals surface area contributed by atoms with Crippen LogP contribution in [0.4, 0.5) is 0 Å². The Balaban J connectivity index is 1.85. The SMILES string of the molecule is CCCC[C@H]1C(c2ccc(C)cc2)C[C@H]2CCC1N2C. The molecule has 0 aliphatic carbocycles. The number of piperidine rings is 1. The third-order valence-electron chi connectivity index (χ3n) is 5.83. The second-order valence-corrected chi connectivity index (χ2v) is 7.02. The van der Waals surface area contributed by atoms with Crippen LogP contribution in [-0.4, -0.2) is 24.0 Å². The molecule has 2 bridgehead atoms. The number of hydrogen-bond acceptors (Lipinski definition) is 1. The van der Waals surface area contributed by atoms with E-state index in [0.29, 0.717) is 0 Å². The lowest BCUT2D eigenvalue weighted by Crippen LogP contribution is -2.45. The first-order valence-corrected chi connectivity index (χ1v) is 8.49. The zero-order valence-electron chi connectivity index (χ0n) is 13.3. The van der Waals surface area contributed by atoms with E-state index in [2.05, 4.69) is 50.1 Å². The van der Waals surface area contributed by atoms with Gasteiger partial charge in [0.15, 0.2) is 0 Å². The van der Waals surface area contributed by atoms with Gasteiger partial charge in [0, 0.05) is 12.1 Å². The van der Waals surface area contributed by atoms with E-state index in [1.54, 1.807) is 5.56 Å². The van der Waals surface area contributed by atoms with Crippen molar-refractivity contribution in [3.8, 4) is 0 Å². The first-order valence-electron chi connectivity index (χ1n) is 8.49. The van der Waals surface area contributed by atoms with Crippen LogP contribution < -0.4 is 0 Å². The molecular weight excluding hydrogens is 242 g/mol. The molecule has 1 aromatic carbocycles. The van der Waals surface area contributed by atoms with Gasteiger partial charge < -0.3 is 4.90 Å². The van der Waals surface area contributed by atoms with E-state index in [0.717, 1.165) is 23.9 Å². The van der Waals surface area contributed by atoms with Crippen molar-refractivity contribution in [1.82, 2.24) is 4.90 Å². The van der Waals surface area contributed by atoms with Gasteiger partial charge in [-0.25, -0.2) is 0 Å². The highest BCUT2D eigenvalue weighted by Gasteiger charge is 2.45. The molecule has 0 saturated carbocycles. The van der Waals surface area contributed by atoms with Crippen LogP contribution in [0.3, 0.4) is 0 Å². The Bertz CT molecular complexity index is 436. The third-order valence-corrected chi connectivity index (χ3v) is 5.83. The Morgan fingerprint density at radius 3 is 2.60 bits per heavy atom. The predicted octanol–water partition coefficient (Wildman–Crippen LogP) is 4.75. The van der Waals surface area contributed by atoms with Gasteiger partial charge in [-0.15, -0.1) is 0 Å². The fourth-order valence-corrected chi connectivity index (χ4v) is 4.61. The molecule has 0 aromatic heterocycles. The summed E-state index contributed by atoms with van der Waals surface area (Å²) in [4.78, 5) is 2.70. The van der Waals surface area contributed by atoms with Gasteiger partial charge in [-0.1, -0.05) is 49.6 Å². The Labute approximate surface area is 124 Å². The standard InChI is InChI=1S/C19H29N/c1-4-5-6-17-18(15-9-7-14(2)8-10-15)13-16-11-12-19(17)20(16)3/h7-10,16-19H,4-6,11-13H2,1-3H3/t16-,17+,18?,19?/m1/s1. The highest BCUT2D eigenvalue weighted by atomic mass is 15.2. The van der Waals surface area contributed by atoms with E-state index in [1.807, 2.05) is 0 Å². The molecule has 2 aliphatic heterocycles. The van der Waals surface area contributed by atoms with Crippen molar-refractivity contribution in [2.45, 2.75) is 70.4 Å². The van der Waals surface area contributed by atoms with Crippen molar-refractivity contribution < 1.29 is 0 Å². The molecule has 2 aliphatic rings. The molecule has 2 saturated heterocycles. The molecule has 0 amide bonds. The molecule has 0 N–H and O–H groups in total. The average Bonchev–Trinajstić information content (AvgIpc) is 2.71. The largest absolute Gasteiger partial charge is 0.300 e. The summed E-state index contributed by atoms with van der Waals surface area (Å²) in [5.74, 6) is 1.68. The fourth-order valence-electron chi connectivity index (χ4n) is 4.61. The number of aryl methyl sites for hydroxylation is 1. The zero-order chi connectivity index (χ0) is 14.1. The maximum absolute atomic E-state index is 2.70. The minimum Gasteiger partial charge on any atom is -0.300 e. The summed E-state index contributed by atoms with van der Waals surface area (Å²) >= 11 is 0. The Hall–Kier alpha value is -0.820. The summed E-state index contributed by atoms with van der Waals surface area (Å²) in [7, 11) is 2.37. The van der Waals surface area contributed by atoms with Gasteiger partial charge in [0.25, 0.3) is 0 Å². The van der Waals surface area contributed by atoms with Crippen molar-refractivity contribution in [2.24, 2.45) is 5.92 Å². The normalized spacial score (nSPS) is 33.5. The smallest absolute Gasteiger partial charge is 0.0130 e. The van der Waals surface area contributed by atoms with Gasteiger partial charge >= 0.3 is 0 Å². The van der Waals surface area contributed by atoms with E-state index in [-0.39, 0.29) is 0 Å². The molecule has 1 aromatic rings. The second kappa shape index (κ2) is 5.89. The molecule has 1 heteroatoms. The summed E-state index contributed by atoms with van der Waals surface area (Å²) in [5.41, 5.74) is 2.98. The van der Waals surface area contributed by atoms with E-state index >= 15 is 0 Å². The second-order valence-electron chi connectivity index (χ2n) is 7.02. The quantitative estimate of drug-likeness (QED) is 0.763. The zero-order valence-corrected chi connectivity index (χ0v) is 13.3. The Kier molecular flexibility index (Phi) is 4.16. The molecule has 1 nitrogen and oxygen atoms in total. The lowest BCUT2D eigenvalue weighted by Gasteiger charge is -2.43. The molecule has 20 heavy (non-hydrogen) atoms. The number of benzene rings is 1. The van der Waals surface area contributed by atoms with Crippen LogP contribution in [0.25, 0.3) is 0 Å². The van der Waals surface area contributed by atoms with Crippen LogP contribution in [0.2, 0.25) is 0 Å². The maximum Gasteiger partial charge on any atom is 0.0130 e. The van der Waals surface area contributed by atoms with Crippen LogP contribution in [0.1, 0.15) is 62.5 Å². The van der Waals surface area contributed by atoms with Gasteiger partial charge in [-0.05, 0) is 57.1 Å². The number of hydrogen-bond donors (Lipinski definition) is 0. The average molecular weight is 271 g/mol. The van der Waals surface area contributed by atoms with Crippen molar-refractivity contribution >= 4 is 0 Å². The summed E-state index contributed by atoms with van der Waals surface area (Å²) in [5, 5.41) is 0. The molecule has 0 spiro atoms. The Morgan fingerprint density at radius 1 is 1.15 bits per heavy atom. The molecular formula is C19H29N. The van der Waals surface area contributed by atoms with E-state index in [4.69, 9.17) is 0 Å². The van der Waals surface area contributed by atoms with Gasteiger partial charge in [0.1, 0.15) is 0 Å². The van der Waals surface area contributed by atoms with Gasteiger partial charge in [0.05, 0.1) is 0 Å². The number of rotatable bonds is 4. The fraction of sp³-hybridized carbons (Fsp3) is 0.684. The lowest BCUT2D eigenvalue weighted by atomic mass is 9.74. The molecule has 0 radical (unpaired) electrons. The van der Waals surface area contributed by atoms with Gasteiger partial charge in [-0.2, -0.15) is 0 Å². The van der Waals surface area contributed by atoms with Crippen LogP contribution in [0.15, 0.2) is 24.3 Å². The topological polar surface area (TPSA) is 3.24 Å². The summed E-state index contributed by atoms with van der Waals surface area (Å²) in [6.45, 7) is 4.52. The molecule has 4 atom stereocenters. The Morgan fingerprint density at radius 2 is 1.90 bits per heavy atom. The van der Waals surface area contributed by atoms with Crippen molar-refractivity contribution in [2.75, 3.05) is 7.05 Å². The molecule has 3 rings (SSSR count). The van der Waals surface area contributed by atoms with Crippen molar-refractivity contribution in [3.63, 3.8) is 0 Å². The monoisotopic (exact) mass is 271 g/mol. The number of nitrogens with zero attached hydrogens (tertiary/aromatic N) is 1. The highest BCUT2D eigenvalue weighted by Crippen LogP contribution is 2.47. The highest BCUT2D eigenvalue weighted by molar-refractivity contribution is 5.27. The first-order chi connectivity index (χ1) is 9.70. The summed E-state index contributed by atoms with van der Waals surface area (Å²) < 4.78 is 0. The van der Waals surface area contributed by atoms with Gasteiger partial charge in [-0.3, -0.25) is 0 Å². The summed E-state index contributed by atoms with van der Waals surface area (Å²) in [6, 6.07) is 11.1. The first kappa shape index (κ1) is 14.1. The van der Waals surface area contributed by atoms with Crippen LogP contribution in [0.5, 0.6) is 0 Å². The van der Waals surface area contributed by atoms with E-state index in [9.17, 15) is 0 Å². The molecule has 2 heterocycles. The maximum atomic E-state index is 2.70. The minimum absolute atomic E-state index is 0.802. The summed E-state index contributed by atoms with van der Waals surface area (Å²) in [6.07, 6.45) is 8.37. The minimum atomic E-state index is 0.802. The van der Waals surface area contributed by atoms with E-state index in [1.165, 1.54) is 44.1 Å². The predicted molar refractivity (Wildman–Crippen MR) is 86.1 cm³/mol. The van der Waals surface area contributed by atoms with Crippen molar-refractivity contribution in [3.05, 3.63) is 35.4 Å². The lowest BCUT2D eigenvalue weighted by molar-refractivity contribution is 0.0931. The van der Waals surface area contributed by atoms with E-state index < -0.39 is 0 Å². The third kappa shape index (κ3) is 2.53. The van der Waals surface area contributed by atoms with Crippen LogP contribution in [0, 0.1) is 12.8 Å². The number of unbranched alkanes of at least 4 members (excludes halogenated alkanes) is 1. The molecule has 110 valence electrons. The van der Waals surface area contributed by atoms with Gasteiger partial charge in [0.2, 0.25) is 0 Å². The van der Waals surface area contributed by atoms with Crippen LogP contribution in [-0.2, 0) is 0 Å². The number of fused-ring (bicyclic) bond motifs is 2. The molecule has 2 fully saturated rings.